The highest BCUT2D eigenvalue weighted by molar-refractivity contribution is 7.99. The topological polar surface area (TPSA) is 71.3 Å². The van der Waals surface area contributed by atoms with Crippen LogP contribution in [0.1, 0.15) is 45.2 Å². The van der Waals surface area contributed by atoms with Gasteiger partial charge in [-0.05, 0) is 38.3 Å². The van der Waals surface area contributed by atoms with Crippen molar-refractivity contribution in [1.29, 1.82) is 0 Å². The van der Waals surface area contributed by atoms with Crippen LogP contribution in [0.2, 0.25) is 0 Å². The molecule has 2 amide bonds. The van der Waals surface area contributed by atoms with Crippen LogP contribution in [-0.4, -0.2) is 67.8 Å². The average Bonchev–Trinajstić information content (AvgIpc) is 3.26. The van der Waals surface area contributed by atoms with Crippen LogP contribution in [0.5, 0.6) is 0 Å². The largest absolute Gasteiger partial charge is 0.338 e. The molecule has 37 heavy (non-hydrogen) atoms. The number of carbonyl (C=O) groups is 2. The summed E-state index contributed by atoms with van der Waals surface area (Å²) in [5.41, 5.74) is 4.24. The first-order valence-corrected chi connectivity index (χ1v) is 13.8. The van der Waals surface area contributed by atoms with E-state index in [9.17, 15) is 9.59 Å². The molecule has 8 heteroatoms. The van der Waals surface area contributed by atoms with Crippen LogP contribution < -0.4 is 0 Å². The summed E-state index contributed by atoms with van der Waals surface area (Å²) in [6, 6.07) is 16.5. The number of nitrogens with zero attached hydrogens (tertiary/aromatic N) is 5. The van der Waals surface area contributed by atoms with Crippen molar-refractivity contribution in [2.24, 2.45) is 5.41 Å². The van der Waals surface area contributed by atoms with E-state index in [1.54, 1.807) is 0 Å². The standard InChI is InChI=1S/C29H37N5O2S/c1-20-7-11-23(12-8-20)27-30-31-28(34(27)24-13-9-21(2)10-14-24)37-19-26(36)32-15-16-33(22(3)18-32)25(35)17-29(4,5)6/h7-14,22H,15-19H2,1-6H3. The zero-order valence-electron chi connectivity index (χ0n) is 22.7. The third-order valence-electron chi connectivity index (χ3n) is 6.54. The van der Waals surface area contributed by atoms with Gasteiger partial charge in [-0.1, -0.05) is 80.1 Å². The molecule has 1 unspecified atom stereocenters. The first-order valence-electron chi connectivity index (χ1n) is 12.8. The SMILES string of the molecule is Cc1ccc(-c2nnc(SCC(=O)N3CCN(C(=O)CC(C)(C)C)C(C)C3)n2-c2ccc(C)cc2)cc1. The molecular weight excluding hydrogens is 482 g/mol. The number of thioether (sulfide) groups is 1. The Morgan fingerprint density at radius 3 is 2.14 bits per heavy atom. The van der Waals surface area contributed by atoms with Gasteiger partial charge in [-0.2, -0.15) is 0 Å². The minimum atomic E-state index is -0.0504. The van der Waals surface area contributed by atoms with E-state index >= 15 is 0 Å². The summed E-state index contributed by atoms with van der Waals surface area (Å²) in [4.78, 5) is 29.7. The fourth-order valence-corrected chi connectivity index (χ4v) is 5.36. The normalized spacial score (nSPS) is 16.2. The van der Waals surface area contributed by atoms with Gasteiger partial charge in [0, 0.05) is 43.3 Å². The zero-order chi connectivity index (χ0) is 26.7. The van der Waals surface area contributed by atoms with Gasteiger partial charge in [0.25, 0.3) is 0 Å². The maximum absolute atomic E-state index is 13.2. The Balaban J connectivity index is 1.47. The van der Waals surface area contributed by atoms with Crippen LogP contribution in [0.15, 0.2) is 53.7 Å². The van der Waals surface area contributed by atoms with Gasteiger partial charge < -0.3 is 9.80 Å². The van der Waals surface area contributed by atoms with Crippen LogP contribution in [-0.2, 0) is 9.59 Å². The lowest BCUT2D eigenvalue weighted by Gasteiger charge is -2.40. The Labute approximate surface area is 224 Å². The summed E-state index contributed by atoms with van der Waals surface area (Å²) in [5, 5.41) is 9.65. The molecule has 1 fully saturated rings. The van der Waals surface area contributed by atoms with Crippen molar-refractivity contribution in [3.8, 4) is 17.1 Å². The van der Waals surface area contributed by atoms with Gasteiger partial charge in [0.2, 0.25) is 11.8 Å². The van der Waals surface area contributed by atoms with E-state index in [4.69, 9.17) is 0 Å². The number of aryl methyl sites for hydroxylation is 2. The quantitative estimate of drug-likeness (QED) is 0.422. The third kappa shape index (κ3) is 6.60. The summed E-state index contributed by atoms with van der Waals surface area (Å²) in [6.07, 6.45) is 0.513. The van der Waals surface area contributed by atoms with E-state index in [0.29, 0.717) is 31.2 Å². The second-order valence-corrected chi connectivity index (χ2v) is 12.1. The molecule has 0 bridgehead atoms. The number of carbonyl (C=O) groups excluding carboxylic acids is 2. The maximum atomic E-state index is 13.2. The Kier molecular flexibility index (Phi) is 8.07. The van der Waals surface area contributed by atoms with Crippen molar-refractivity contribution in [3.05, 3.63) is 59.7 Å². The number of hydrogen-bond donors (Lipinski definition) is 0. The second kappa shape index (κ2) is 11.1. The first-order chi connectivity index (χ1) is 17.5. The summed E-state index contributed by atoms with van der Waals surface area (Å²) in [5.74, 6) is 1.23. The fraction of sp³-hybridized carbons (Fsp3) is 0.448. The van der Waals surface area contributed by atoms with Gasteiger partial charge >= 0.3 is 0 Å². The number of benzene rings is 2. The van der Waals surface area contributed by atoms with Crippen LogP contribution in [0, 0.1) is 19.3 Å². The number of amides is 2. The predicted molar refractivity (Wildman–Crippen MR) is 149 cm³/mol. The van der Waals surface area contributed by atoms with Gasteiger partial charge in [0.15, 0.2) is 11.0 Å². The minimum Gasteiger partial charge on any atom is -0.338 e. The summed E-state index contributed by atoms with van der Waals surface area (Å²) < 4.78 is 2.02. The third-order valence-corrected chi connectivity index (χ3v) is 7.46. The molecule has 2 aromatic carbocycles. The zero-order valence-corrected chi connectivity index (χ0v) is 23.5. The Hall–Kier alpha value is -3.13. The number of rotatable bonds is 6. The highest BCUT2D eigenvalue weighted by Crippen LogP contribution is 2.29. The number of aromatic nitrogens is 3. The van der Waals surface area contributed by atoms with Crippen LogP contribution in [0.3, 0.4) is 0 Å². The van der Waals surface area contributed by atoms with Crippen LogP contribution in [0.25, 0.3) is 17.1 Å². The molecule has 1 saturated heterocycles. The lowest BCUT2D eigenvalue weighted by Crippen LogP contribution is -2.56. The maximum Gasteiger partial charge on any atom is 0.233 e. The molecule has 0 saturated carbocycles. The molecule has 0 N–H and O–H groups in total. The number of piperazine rings is 1. The van der Waals surface area contributed by atoms with E-state index in [0.717, 1.165) is 17.1 Å². The lowest BCUT2D eigenvalue weighted by molar-refractivity contribution is -0.142. The van der Waals surface area contributed by atoms with Crippen molar-refractivity contribution < 1.29 is 9.59 Å². The van der Waals surface area contributed by atoms with Crippen molar-refractivity contribution in [3.63, 3.8) is 0 Å². The summed E-state index contributed by atoms with van der Waals surface area (Å²) >= 11 is 1.40. The molecule has 1 aliphatic heterocycles. The predicted octanol–water partition coefficient (Wildman–Crippen LogP) is 5.14. The molecular formula is C29H37N5O2S. The second-order valence-electron chi connectivity index (χ2n) is 11.1. The highest BCUT2D eigenvalue weighted by atomic mass is 32.2. The summed E-state index contributed by atoms with van der Waals surface area (Å²) in [7, 11) is 0. The van der Waals surface area contributed by atoms with Crippen molar-refractivity contribution in [2.75, 3.05) is 25.4 Å². The van der Waals surface area contributed by atoms with Gasteiger partial charge in [0.05, 0.1) is 5.75 Å². The van der Waals surface area contributed by atoms with Crippen LogP contribution in [0.4, 0.5) is 0 Å². The van der Waals surface area contributed by atoms with Crippen molar-refractivity contribution >= 4 is 23.6 Å². The summed E-state index contributed by atoms with van der Waals surface area (Å²) in [6.45, 7) is 14.0. The molecule has 7 nitrogen and oxygen atoms in total. The van der Waals surface area contributed by atoms with Gasteiger partial charge in [-0.25, -0.2) is 0 Å². The van der Waals surface area contributed by atoms with Crippen LogP contribution >= 0.6 is 11.8 Å². The van der Waals surface area contributed by atoms with Crippen molar-refractivity contribution in [2.45, 2.75) is 59.2 Å². The van der Waals surface area contributed by atoms with E-state index in [-0.39, 0.29) is 29.0 Å². The van der Waals surface area contributed by atoms with Gasteiger partial charge in [-0.3, -0.25) is 14.2 Å². The van der Waals surface area contributed by atoms with E-state index in [1.165, 1.54) is 22.9 Å². The molecule has 196 valence electrons. The average molecular weight is 520 g/mol. The van der Waals surface area contributed by atoms with E-state index < -0.39 is 0 Å². The van der Waals surface area contributed by atoms with E-state index in [1.807, 2.05) is 33.4 Å². The highest BCUT2D eigenvalue weighted by Gasteiger charge is 2.31. The molecule has 0 radical (unpaired) electrons. The van der Waals surface area contributed by atoms with Crippen molar-refractivity contribution in [1.82, 2.24) is 24.6 Å². The molecule has 4 rings (SSSR count). The smallest absolute Gasteiger partial charge is 0.233 e. The fourth-order valence-electron chi connectivity index (χ4n) is 4.51. The molecule has 1 aromatic heterocycles. The Morgan fingerprint density at radius 1 is 0.919 bits per heavy atom. The van der Waals surface area contributed by atoms with Gasteiger partial charge in [0.1, 0.15) is 0 Å². The van der Waals surface area contributed by atoms with Gasteiger partial charge in [-0.15, -0.1) is 10.2 Å². The molecule has 1 aliphatic rings. The Morgan fingerprint density at radius 2 is 1.54 bits per heavy atom. The molecule has 0 spiro atoms. The monoisotopic (exact) mass is 519 g/mol. The molecule has 1 atom stereocenters. The molecule has 3 aromatic rings. The first kappa shape index (κ1) is 26.9. The number of hydrogen-bond acceptors (Lipinski definition) is 5. The van der Waals surface area contributed by atoms with E-state index in [2.05, 4.69) is 81.2 Å². The molecule has 2 heterocycles. The Bertz CT molecular complexity index is 1240. The molecule has 0 aliphatic carbocycles. The lowest BCUT2D eigenvalue weighted by atomic mass is 9.91. The minimum absolute atomic E-state index is 0.00176.